The van der Waals surface area contributed by atoms with Gasteiger partial charge in [-0.3, -0.25) is 9.69 Å². The number of nitrogens with one attached hydrogen (secondary N) is 1. The van der Waals surface area contributed by atoms with Gasteiger partial charge in [-0.1, -0.05) is 6.42 Å². The average molecular weight is 316 g/mol. The van der Waals surface area contributed by atoms with Crippen molar-refractivity contribution in [2.75, 3.05) is 20.2 Å². The van der Waals surface area contributed by atoms with Crippen molar-refractivity contribution in [3.05, 3.63) is 0 Å². The molecule has 0 aromatic carbocycles. The monoisotopic (exact) mass is 316 g/mol. The number of likely N-dealkylation sites (tertiary alicyclic amines) is 1. The van der Waals surface area contributed by atoms with Crippen molar-refractivity contribution in [1.29, 1.82) is 0 Å². The van der Waals surface area contributed by atoms with Crippen molar-refractivity contribution >= 4 is 16.0 Å². The first-order valence-corrected chi connectivity index (χ1v) is 9.39. The summed E-state index contributed by atoms with van der Waals surface area (Å²) in [6, 6.07) is 0.670. The molecule has 3 rings (SSSR count). The largest absolute Gasteiger partial charge is 0.469 e. The Balaban J connectivity index is 1.62. The molecule has 2 aliphatic carbocycles. The molecule has 7 heteroatoms. The molecule has 0 aromatic heterocycles. The first-order chi connectivity index (χ1) is 10.0. The van der Waals surface area contributed by atoms with Crippen LogP contribution in [0.25, 0.3) is 0 Å². The van der Waals surface area contributed by atoms with Gasteiger partial charge in [-0.05, 0) is 32.1 Å². The van der Waals surface area contributed by atoms with E-state index in [2.05, 4.69) is 9.62 Å². The quantitative estimate of drug-likeness (QED) is 0.747. The zero-order chi connectivity index (χ0) is 15.0. The highest BCUT2D eigenvalue weighted by atomic mass is 32.2. The Labute approximate surface area is 126 Å². The Morgan fingerprint density at radius 2 is 1.95 bits per heavy atom. The highest BCUT2D eigenvalue weighted by Crippen LogP contribution is 2.33. The third kappa shape index (κ3) is 3.24. The highest BCUT2D eigenvalue weighted by Gasteiger charge is 2.44. The van der Waals surface area contributed by atoms with E-state index in [9.17, 15) is 13.2 Å². The summed E-state index contributed by atoms with van der Waals surface area (Å²) in [5.41, 5.74) is 0. The molecule has 3 aliphatic rings. The first-order valence-electron chi connectivity index (χ1n) is 7.84. The van der Waals surface area contributed by atoms with Crippen LogP contribution in [0, 0.1) is 5.92 Å². The van der Waals surface area contributed by atoms with Crippen LogP contribution in [0.3, 0.4) is 0 Å². The Morgan fingerprint density at radius 3 is 2.62 bits per heavy atom. The van der Waals surface area contributed by atoms with E-state index < -0.39 is 27.2 Å². The number of nitrogens with zero attached hydrogens (tertiary/aromatic N) is 1. The van der Waals surface area contributed by atoms with Gasteiger partial charge in [0.05, 0.1) is 18.3 Å². The van der Waals surface area contributed by atoms with Crippen LogP contribution in [0.1, 0.15) is 38.5 Å². The number of ether oxygens (including phenoxy) is 1. The number of sulfonamides is 1. The number of carbonyl (C=O) groups is 1. The van der Waals surface area contributed by atoms with E-state index >= 15 is 0 Å². The molecule has 1 aliphatic heterocycles. The van der Waals surface area contributed by atoms with Gasteiger partial charge in [-0.2, -0.15) is 0 Å². The summed E-state index contributed by atoms with van der Waals surface area (Å²) in [7, 11) is -2.13. The molecule has 0 radical (unpaired) electrons. The maximum Gasteiger partial charge on any atom is 0.310 e. The Morgan fingerprint density at radius 1 is 1.19 bits per heavy atom. The predicted octanol–water partition coefficient (Wildman–Crippen LogP) is 0.484. The normalized spacial score (nSPS) is 34.2. The van der Waals surface area contributed by atoms with E-state index in [0.717, 1.165) is 25.9 Å². The molecule has 0 spiro atoms. The Kier molecular flexibility index (Phi) is 4.25. The van der Waals surface area contributed by atoms with Crippen molar-refractivity contribution in [2.45, 2.75) is 55.9 Å². The van der Waals surface area contributed by atoms with Gasteiger partial charge in [0.2, 0.25) is 10.0 Å². The van der Waals surface area contributed by atoms with E-state index in [1.165, 1.54) is 20.0 Å². The zero-order valence-corrected chi connectivity index (χ0v) is 13.3. The number of hydrogen-bond acceptors (Lipinski definition) is 5. The van der Waals surface area contributed by atoms with Crippen LogP contribution in [-0.4, -0.2) is 56.8 Å². The van der Waals surface area contributed by atoms with Gasteiger partial charge >= 0.3 is 5.97 Å². The average Bonchev–Trinajstić information content (AvgIpc) is 3.00. The lowest BCUT2D eigenvalue weighted by Gasteiger charge is -2.21. The van der Waals surface area contributed by atoms with E-state index in [0.29, 0.717) is 18.9 Å². The van der Waals surface area contributed by atoms with Crippen molar-refractivity contribution in [3.63, 3.8) is 0 Å². The number of methoxy groups -OCH3 is 1. The molecule has 0 amide bonds. The van der Waals surface area contributed by atoms with Crippen LogP contribution >= 0.6 is 0 Å². The lowest BCUT2D eigenvalue weighted by atomic mass is 10.1. The van der Waals surface area contributed by atoms with Crippen molar-refractivity contribution in [1.82, 2.24) is 9.62 Å². The SMILES string of the molecule is COC(=O)C1CCCC1S(=O)(=O)NC1CCN(C2CC2)C1. The van der Waals surface area contributed by atoms with E-state index in [1.54, 1.807) is 0 Å². The number of esters is 1. The fourth-order valence-electron chi connectivity index (χ4n) is 3.69. The van der Waals surface area contributed by atoms with Gasteiger partial charge < -0.3 is 4.74 Å². The molecule has 120 valence electrons. The molecule has 3 fully saturated rings. The molecule has 0 aromatic rings. The van der Waals surface area contributed by atoms with Crippen LogP contribution < -0.4 is 4.72 Å². The second-order valence-corrected chi connectivity index (χ2v) is 8.40. The van der Waals surface area contributed by atoms with Gasteiger partial charge in [0.15, 0.2) is 0 Å². The second kappa shape index (κ2) is 5.85. The van der Waals surface area contributed by atoms with Gasteiger partial charge in [0, 0.05) is 25.2 Å². The lowest BCUT2D eigenvalue weighted by molar-refractivity contribution is -0.145. The molecule has 0 bridgehead atoms. The number of rotatable bonds is 5. The Bertz CT molecular complexity index is 503. The van der Waals surface area contributed by atoms with Gasteiger partial charge in [-0.25, -0.2) is 13.1 Å². The number of hydrogen-bond donors (Lipinski definition) is 1. The van der Waals surface area contributed by atoms with Crippen LogP contribution in [-0.2, 0) is 19.6 Å². The molecule has 21 heavy (non-hydrogen) atoms. The topological polar surface area (TPSA) is 75.7 Å². The van der Waals surface area contributed by atoms with Crippen LogP contribution in [0.4, 0.5) is 0 Å². The summed E-state index contributed by atoms with van der Waals surface area (Å²) < 4.78 is 32.7. The molecule has 1 saturated heterocycles. The fourth-order valence-corrected chi connectivity index (χ4v) is 5.68. The summed E-state index contributed by atoms with van der Waals surface area (Å²) in [6.07, 6.45) is 5.28. The van der Waals surface area contributed by atoms with Crippen molar-refractivity contribution in [2.24, 2.45) is 5.92 Å². The highest BCUT2D eigenvalue weighted by molar-refractivity contribution is 7.90. The third-order valence-electron chi connectivity index (χ3n) is 4.97. The van der Waals surface area contributed by atoms with E-state index in [4.69, 9.17) is 4.74 Å². The maximum atomic E-state index is 12.6. The molecule has 1 heterocycles. The molecular weight excluding hydrogens is 292 g/mol. The summed E-state index contributed by atoms with van der Waals surface area (Å²) in [6.45, 7) is 1.78. The summed E-state index contributed by atoms with van der Waals surface area (Å²) in [5.74, 6) is -0.901. The van der Waals surface area contributed by atoms with Crippen molar-refractivity contribution < 1.29 is 17.9 Å². The lowest BCUT2D eigenvalue weighted by Crippen LogP contribution is -2.45. The number of carbonyl (C=O) groups excluding carboxylic acids is 1. The Hall–Kier alpha value is -0.660. The minimum atomic E-state index is -3.45. The van der Waals surface area contributed by atoms with E-state index in [-0.39, 0.29) is 6.04 Å². The van der Waals surface area contributed by atoms with Gasteiger partial charge in [0.1, 0.15) is 0 Å². The smallest absolute Gasteiger partial charge is 0.310 e. The summed E-state index contributed by atoms with van der Waals surface area (Å²) in [5, 5.41) is -0.625. The fraction of sp³-hybridized carbons (Fsp3) is 0.929. The van der Waals surface area contributed by atoms with Crippen LogP contribution in [0.5, 0.6) is 0 Å². The zero-order valence-electron chi connectivity index (χ0n) is 12.5. The molecule has 2 saturated carbocycles. The predicted molar refractivity (Wildman–Crippen MR) is 78.2 cm³/mol. The van der Waals surface area contributed by atoms with Gasteiger partial charge in [0.25, 0.3) is 0 Å². The maximum absolute atomic E-state index is 12.6. The van der Waals surface area contributed by atoms with Gasteiger partial charge in [-0.15, -0.1) is 0 Å². The summed E-state index contributed by atoms with van der Waals surface area (Å²) >= 11 is 0. The molecular formula is C14H24N2O4S. The first kappa shape index (κ1) is 15.2. The molecule has 3 unspecified atom stereocenters. The van der Waals surface area contributed by atoms with Crippen molar-refractivity contribution in [3.8, 4) is 0 Å². The molecule has 3 atom stereocenters. The van der Waals surface area contributed by atoms with Crippen LogP contribution in [0.2, 0.25) is 0 Å². The third-order valence-corrected chi connectivity index (χ3v) is 6.99. The standard InChI is InChI=1S/C14H24N2O4S/c1-20-14(17)12-3-2-4-13(12)21(18,19)15-10-7-8-16(9-10)11-5-6-11/h10-13,15H,2-9H2,1H3. The molecule has 6 nitrogen and oxygen atoms in total. The molecule has 1 N–H and O–H groups in total. The second-order valence-electron chi connectivity index (χ2n) is 6.47. The minimum absolute atomic E-state index is 0.00510. The van der Waals surface area contributed by atoms with E-state index in [1.807, 2.05) is 0 Å². The summed E-state index contributed by atoms with van der Waals surface area (Å²) in [4.78, 5) is 14.1. The minimum Gasteiger partial charge on any atom is -0.469 e. The van der Waals surface area contributed by atoms with Crippen LogP contribution in [0.15, 0.2) is 0 Å².